The molecule has 8 aromatic carbocycles. The maximum atomic E-state index is 9.72. The number of hydrogen-bond acceptors (Lipinski definition) is 4. The van der Waals surface area contributed by atoms with Gasteiger partial charge in [0.15, 0.2) is 5.82 Å². The normalized spacial score (nSPS) is 12.7. The van der Waals surface area contributed by atoms with Crippen LogP contribution in [0.15, 0.2) is 200 Å². The van der Waals surface area contributed by atoms with Crippen molar-refractivity contribution in [1.82, 2.24) is 9.97 Å². The van der Waals surface area contributed by atoms with Crippen LogP contribution in [0.25, 0.3) is 67.3 Å². The second-order valence-corrected chi connectivity index (χ2v) is 14.8. The molecule has 4 nitrogen and oxygen atoms in total. The van der Waals surface area contributed by atoms with Gasteiger partial charge in [-0.15, -0.1) is 0 Å². The van der Waals surface area contributed by atoms with E-state index in [2.05, 4.69) is 152 Å². The lowest BCUT2D eigenvalue weighted by Gasteiger charge is -2.40. The minimum Gasteiger partial charge on any atom is -0.457 e. The van der Waals surface area contributed by atoms with E-state index in [1.165, 1.54) is 22.3 Å². The average molecular weight is 740 g/mol. The minimum absolute atomic E-state index is 0.630. The van der Waals surface area contributed by atoms with E-state index in [0.717, 1.165) is 73.0 Å². The maximum Gasteiger partial charge on any atom is 0.160 e. The van der Waals surface area contributed by atoms with Crippen molar-refractivity contribution < 1.29 is 4.74 Å². The van der Waals surface area contributed by atoms with Crippen LogP contribution in [0.3, 0.4) is 0 Å². The maximum absolute atomic E-state index is 9.72. The van der Waals surface area contributed by atoms with Crippen LogP contribution in [0.4, 0.5) is 0 Å². The van der Waals surface area contributed by atoms with Gasteiger partial charge >= 0.3 is 0 Å². The Kier molecular flexibility index (Phi) is 7.74. The van der Waals surface area contributed by atoms with Gasteiger partial charge in [-0.3, -0.25) is 0 Å². The number of rotatable bonds is 5. The Morgan fingerprint density at radius 3 is 1.41 bits per heavy atom. The van der Waals surface area contributed by atoms with Crippen LogP contribution in [0, 0.1) is 11.3 Å². The standard InChI is InChI=1S/C54H33N3O/c55-34-35-12-11-17-40(30-35)42-27-29-52-48(32-42)54(45-20-9-7-18-43(45)44-19-8-10-21-46(44)54)47-31-41(26-28-51(47)58-52)36-22-24-39(25-23-36)53-56-49(37-13-3-1-4-14-37)33-50(57-53)38-15-5-2-6-16-38/h1-33H. The largest absolute Gasteiger partial charge is 0.457 e. The summed E-state index contributed by atoms with van der Waals surface area (Å²) in [4.78, 5) is 10.1. The first-order chi connectivity index (χ1) is 28.7. The predicted octanol–water partition coefficient (Wildman–Crippen LogP) is 13.2. The zero-order chi connectivity index (χ0) is 38.6. The highest BCUT2D eigenvalue weighted by Crippen LogP contribution is 2.62. The Labute approximate surface area is 337 Å². The van der Waals surface area contributed by atoms with Crippen LogP contribution in [0.5, 0.6) is 11.5 Å². The molecule has 58 heavy (non-hydrogen) atoms. The molecule has 1 spiro atoms. The molecule has 0 fully saturated rings. The van der Waals surface area contributed by atoms with E-state index < -0.39 is 5.41 Å². The summed E-state index contributed by atoms with van der Waals surface area (Å²) in [6.07, 6.45) is 0. The number of benzene rings is 8. The van der Waals surface area contributed by atoms with Crippen molar-refractivity contribution in [2.75, 3.05) is 0 Å². The van der Waals surface area contributed by atoms with Crippen LogP contribution in [0.2, 0.25) is 0 Å². The van der Waals surface area contributed by atoms with Gasteiger partial charge in [0.05, 0.1) is 28.4 Å². The van der Waals surface area contributed by atoms with Crippen molar-refractivity contribution in [3.8, 4) is 84.9 Å². The molecule has 270 valence electrons. The lowest BCUT2D eigenvalue weighted by atomic mass is 9.65. The molecule has 11 rings (SSSR count). The lowest BCUT2D eigenvalue weighted by molar-refractivity contribution is 0.436. The zero-order valence-corrected chi connectivity index (χ0v) is 31.3. The van der Waals surface area contributed by atoms with E-state index in [1.807, 2.05) is 54.6 Å². The average Bonchev–Trinajstić information content (AvgIpc) is 3.60. The van der Waals surface area contributed by atoms with Crippen LogP contribution in [-0.2, 0) is 5.41 Å². The Balaban J connectivity index is 1.06. The summed E-state index contributed by atoms with van der Waals surface area (Å²) >= 11 is 0. The van der Waals surface area contributed by atoms with Gasteiger partial charge in [0, 0.05) is 27.8 Å². The third kappa shape index (κ3) is 5.29. The molecule has 1 aliphatic heterocycles. The minimum atomic E-state index is -0.644. The van der Waals surface area contributed by atoms with Gasteiger partial charge in [-0.05, 0) is 87.0 Å². The summed E-state index contributed by atoms with van der Waals surface area (Å²) in [5.41, 5.74) is 16.0. The van der Waals surface area contributed by atoms with Crippen LogP contribution < -0.4 is 4.74 Å². The monoisotopic (exact) mass is 739 g/mol. The number of ether oxygens (including phenoxy) is 1. The van der Waals surface area contributed by atoms with Gasteiger partial charge in [-0.1, -0.05) is 158 Å². The second-order valence-electron chi connectivity index (χ2n) is 14.8. The first-order valence-electron chi connectivity index (χ1n) is 19.4. The summed E-state index contributed by atoms with van der Waals surface area (Å²) in [5.74, 6) is 2.33. The number of aromatic nitrogens is 2. The number of fused-ring (bicyclic) bond motifs is 9. The number of nitriles is 1. The van der Waals surface area contributed by atoms with Crippen molar-refractivity contribution in [2.45, 2.75) is 5.41 Å². The predicted molar refractivity (Wildman–Crippen MR) is 231 cm³/mol. The molecule has 0 bridgehead atoms. The first-order valence-corrected chi connectivity index (χ1v) is 19.4. The molecule has 9 aromatic rings. The van der Waals surface area contributed by atoms with E-state index in [9.17, 15) is 5.26 Å². The summed E-state index contributed by atoms with van der Waals surface area (Å²) in [5, 5.41) is 9.72. The van der Waals surface area contributed by atoms with Crippen molar-refractivity contribution in [3.05, 3.63) is 228 Å². The molecule has 4 heteroatoms. The second kappa shape index (κ2) is 13.4. The number of hydrogen-bond donors (Lipinski definition) is 0. The number of nitrogens with zero attached hydrogens (tertiary/aromatic N) is 3. The molecule has 0 saturated heterocycles. The summed E-state index contributed by atoms with van der Waals surface area (Å²) in [6.45, 7) is 0. The van der Waals surface area contributed by atoms with E-state index in [0.29, 0.717) is 11.4 Å². The van der Waals surface area contributed by atoms with E-state index in [1.54, 1.807) is 0 Å². The Morgan fingerprint density at radius 1 is 0.379 bits per heavy atom. The highest BCUT2D eigenvalue weighted by molar-refractivity contribution is 5.90. The molecule has 2 heterocycles. The molecular weight excluding hydrogens is 707 g/mol. The topological polar surface area (TPSA) is 58.8 Å². The van der Waals surface area contributed by atoms with E-state index in [4.69, 9.17) is 14.7 Å². The van der Waals surface area contributed by atoms with E-state index >= 15 is 0 Å². The third-order valence-corrected chi connectivity index (χ3v) is 11.6. The Hall–Kier alpha value is -7.87. The molecule has 0 amide bonds. The highest BCUT2D eigenvalue weighted by atomic mass is 16.5. The lowest BCUT2D eigenvalue weighted by Crippen LogP contribution is -2.32. The van der Waals surface area contributed by atoms with Crippen molar-refractivity contribution in [2.24, 2.45) is 0 Å². The fraction of sp³-hybridized carbons (Fsp3) is 0.0185. The fourth-order valence-corrected chi connectivity index (χ4v) is 8.93. The molecule has 0 radical (unpaired) electrons. The molecule has 1 aliphatic carbocycles. The molecular formula is C54H33N3O. The van der Waals surface area contributed by atoms with Gasteiger partial charge in [-0.25, -0.2) is 9.97 Å². The SMILES string of the molecule is N#Cc1cccc(-c2ccc3c(c2)C2(c4cc(-c5ccc(-c6nc(-c7ccccc7)cc(-c7ccccc7)n6)cc5)ccc4O3)c3ccccc3-c3ccccc32)c1. The molecule has 0 saturated carbocycles. The third-order valence-electron chi connectivity index (χ3n) is 11.6. The van der Waals surface area contributed by atoms with E-state index in [-0.39, 0.29) is 0 Å². The molecule has 1 aromatic heterocycles. The summed E-state index contributed by atoms with van der Waals surface area (Å²) in [7, 11) is 0. The van der Waals surface area contributed by atoms with Crippen LogP contribution in [-0.4, -0.2) is 9.97 Å². The Bertz CT molecular complexity index is 2990. The molecule has 0 N–H and O–H groups in total. The van der Waals surface area contributed by atoms with Gasteiger partial charge in [0.1, 0.15) is 11.5 Å². The van der Waals surface area contributed by atoms with Gasteiger partial charge in [0.25, 0.3) is 0 Å². The van der Waals surface area contributed by atoms with Crippen molar-refractivity contribution >= 4 is 0 Å². The molecule has 2 aliphatic rings. The molecule has 0 atom stereocenters. The molecule has 0 unspecified atom stereocenters. The fourth-order valence-electron chi connectivity index (χ4n) is 8.93. The quantitative estimate of drug-likeness (QED) is 0.176. The van der Waals surface area contributed by atoms with Gasteiger partial charge < -0.3 is 4.74 Å². The van der Waals surface area contributed by atoms with Gasteiger partial charge in [-0.2, -0.15) is 5.26 Å². The van der Waals surface area contributed by atoms with Gasteiger partial charge in [0.2, 0.25) is 0 Å². The van der Waals surface area contributed by atoms with Crippen LogP contribution >= 0.6 is 0 Å². The Morgan fingerprint density at radius 2 is 0.845 bits per heavy atom. The first kappa shape index (κ1) is 33.5. The zero-order valence-electron chi connectivity index (χ0n) is 31.3. The summed E-state index contributed by atoms with van der Waals surface area (Å²) in [6, 6.07) is 71.9. The van der Waals surface area contributed by atoms with Crippen molar-refractivity contribution in [3.63, 3.8) is 0 Å². The van der Waals surface area contributed by atoms with Crippen molar-refractivity contribution in [1.29, 1.82) is 5.26 Å². The smallest absolute Gasteiger partial charge is 0.160 e. The highest BCUT2D eigenvalue weighted by Gasteiger charge is 2.51. The van der Waals surface area contributed by atoms with Crippen LogP contribution in [0.1, 0.15) is 27.8 Å². The summed E-state index contributed by atoms with van der Waals surface area (Å²) < 4.78 is 6.82.